The summed E-state index contributed by atoms with van der Waals surface area (Å²) in [7, 11) is 1.16. The molecule has 1 amide bonds. The van der Waals surface area contributed by atoms with Gasteiger partial charge in [-0.05, 0) is 37.0 Å². The number of nitro benzene ring substituents is 1. The fraction of sp³-hybridized carbons (Fsp3) is 0.381. The number of esters is 1. The van der Waals surface area contributed by atoms with E-state index in [1.807, 2.05) is 0 Å². The van der Waals surface area contributed by atoms with E-state index in [2.05, 4.69) is 15.0 Å². The maximum atomic E-state index is 12.7. The van der Waals surface area contributed by atoms with Crippen molar-refractivity contribution in [3.63, 3.8) is 0 Å². The first-order valence-corrected chi connectivity index (χ1v) is 9.75. The van der Waals surface area contributed by atoms with E-state index in [-0.39, 0.29) is 16.9 Å². The van der Waals surface area contributed by atoms with Crippen LogP contribution in [0.25, 0.3) is 0 Å². The van der Waals surface area contributed by atoms with E-state index in [0.717, 1.165) is 32.1 Å². The first-order valence-electron chi connectivity index (χ1n) is 9.75. The molecule has 1 aromatic carbocycles. The zero-order valence-electron chi connectivity index (χ0n) is 16.6. The van der Waals surface area contributed by atoms with Gasteiger partial charge in [0.2, 0.25) is 0 Å². The number of anilines is 1. The van der Waals surface area contributed by atoms with Crippen LogP contribution in [0.1, 0.15) is 52.8 Å². The Balaban J connectivity index is 1.78. The number of nitrogens with zero attached hydrogens (tertiary/aromatic N) is 2. The summed E-state index contributed by atoms with van der Waals surface area (Å²) >= 11 is 0. The van der Waals surface area contributed by atoms with Crippen molar-refractivity contribution in [3.05, 3.63) is 57.8 Å². The molecule has 0 bridgehead atoms. The van der Waals surface area contributed by atoms with Gasteiger partial charge in [-0.3, -0.25) is 14.9 Å². The number of methoxy groups -OCH3 is 1. The zero-order valence-corrected chi connectivity index (χ0v) is 16.6. The van der Waals surface area contributed by atoms with Gasteiger partial charge >= 0.3 is 5.97 Å². The van der Waals surface area contributed by atoms with Crippen molar-refractivity contribution in [2.75, 3.05) is 19.0 Å². The molecule has 0 spiro atoms. The summed E-state index contributed by atoms with van der Waals surface area (Å²) in [5, 5.41) is 13.8. The Morgan fingerprint density at radius 2 is 1.93 bits per heavy atom. The minimum Gasteiger partial charge on any atom is -0.489 e. The van der Waals surface area contributed by atoms with Crippen molar-refractivity contribution >= 4 is 23.4 Å². The molecule has 30 heavy (non-hydrogen) atoms. The second-order valence-corrected chi connectivity index (χ2v) is 7.14. The molecule has 158 valence electrons. The average molecular weight is 413 g/mol. The lowest BCUT2D eigenvalue weighted by molar-refractivity contribution is -0.384. The normalized spacial score (nSPS) is 14.0. The summed E-state index contributed by atoms with van der Waals surface area (Å²) in [6.07, 6.45) is 7.38. The number of aromatic nitrogens is 1. The van der Waals surface area contributed by atoms with Crippen LogP contribution in [-0.2, 0) is 4.74 Å². The second-order valence-electron chi connectivity index (χ2n) is 7.14. The number of rotatable bonds is 7. The van der Waals surface area contributed by atoms with Gasteiger partial charge in [0.05, 0.1) is 24.2 Å². The van der Waals surface area contributed by atoms with Crippen molar-refractivity contribution in [2.24, 2.45) is 5.92 Å². The first kappa shape index (κ1) is 21.2. The molecule has 1 fully saturated rings. The van der Waals surface area contributed by atoms with Crippen LogP contribution in [-0.4, -0.2) is 35.5 Å². The lowest BCUT2D eigenvalue weighted by Gasteiger charge is -2.22. The zero-order chi connectivity index (χ0) is 21.5. The van der Waals surface area contributed by atoms with Gasteiger partial charge in [0, 0.05) is 23.9 Å². The summed E-state index contributed by atoms with van der Waals surface area (Å²) in [5.74, 6) is -0.312. The molecule has 1 aromatic heterocycles. The Kier molecular flexibility index (Phi) is 6.95. The smallest absolute Gasteiger partial charge is 0.338 e. The minimum absolute atomic E-state index is 0.0616. The van der Waals surface area contributed by atoms with Gasteiger partial charge in [-0.15, -0.1) is 0 Å². The van der Waals surface area contributed by atoms with Crippen LogP contribution in [0.2, 0.25) is 0 Å². The Hall–Kier alpha value is -3.49. The molecule has 2 aromatic rings. The van der Waals surface area contributed by atoms with Crippen LogP contribution >= 0.6 is 0 Å². The fourth-order valence-electron chi connectivity index (χ4n) is 3.43. The molecule has 3 rings (SSSR count). The summed E-state index contributed by atoms with van der Waals surface area (Å²) in [4.78, 5) is 39.2. The number of nitrogens with one attached hydrogen (secondary N) is 1. The maximum absolute atomic E-state index is 12.7. The highest BCUT2D eigenvalue weighted by Crippen LogP contribution is 2.27. The molecule has 9 heteroatoms. The number of hydrogen-bond donors (Lipinski definition) is 1. The standard InChI is InChI=1S/C21H23N3O6/c1-29-21(26)16-10-15(11-17(12-16)24(27)28)20(25)23-19-18(8-5-9-22-19)30-13-14-6-3-2-4-7-14/h5,8-12,14H,2-4,6-7,13H2,1H3,(H,22,23,25). The van der Waals surface area contributed by atoms with Crippen LogP contribution in [0.4, 0.5) is 11.5 Å². The average Bonchev–Trinajstić information content (AvgIpc) is 2.78. The Bertz CT molecular complexity index is 940. The molecule has 9 nitrogen and oxygen atoms in total. The Labute approximate surface area is 173 Å². The topological polar surface area (TPSA) is 121 Å². The maximum Gasteiger partial charge on any atom is 0.338 e. The Morgan fingerprint density at radius 1 is 1.20 bits per heavy atom. The van der Waals surface area contributed by atoms with Gasteiger partial charge in [-0.25, -0.2) is 9.78 Å². The minimum atomic E-state index is -0.776. The van der Waals surface area contributed by atoms with Gasteiger partial charge < -0.3 is 14.8 Å². The van der Waals surface area contributed by atoms with Crippen LogP contribution in [0.5, 0.6) is 5.75 Å². The molecule has 1 heterocycles. The lowest BCUT2D eigenvalue weighted by Crippen LogP contribution is -2.18. The quantitative estimate of drug-likeness (QED) is 0.414. The molecular weight excluding hydrogens is 390 g/mol. The molecule has 1 N–H and O–H groups in total. The number of amides is 1. The van der Waals surface area contributed by atoms with Crippen molar-refractivity contribution in [1.82, 2.24) is 4.98 Å². The highest BCUT2D eigenvalue weighted by molar-refractivity contribution is 6.06. The van der Waals surface area contributed by atoms with Crippen LogP contribution < -0.4 is 10.1 Å². The molecule has 1 aliphatic rings. The van der Waals surface area contributed by atoms with Crippen molar-refractivity contribution in [3.8, 4) is 5.75 Å². The van der Waals surface area contributed by atoms with Crippen LogP contribution in [0.3, 0.4) is 0 Å². The van der Waals surface area contributed by atoms with E-state index in [1.54, 1.807) is 12.1 Å². The first-order chi connectivity index (χ1) is 14.5. The molecule has 0 unspecified atom stereocenters. The highest BCUT2D eigenvalue weighted by atomic mass is 16.6. The lowest BCUT2D eigenvalue weighted by atomic mass is 9.90. The van der Waals surface area contributed by atoms with Crippen LogP contribution in [0, 0.1) is 16.0 Å². The largest absolute Gasteiger partial charge is 0.489 e. The van der Waals surface area contributed by atoms with E-state index < -0.39 is 22.5 Å². The van der Waals surface area contributed by atoms with E-state index in [9.17, 15) is 19.7 Å². The SMILES string of the molecule is COC(=O)c1cc(C(=O)Nc2ncccc2OCC2CCCCC2)cc([N+](=O)[O-])c1. The fourth-order valence-corrected chi connectivity index (χ4v) is 3.43. The third kappa shape index (κ3) is 5.31. The second kappa shape index (κ2) is 9.82. The third-order valence-corrected chi connectivity index (χ3v) is 5.01. The molecule has 0 radical (unpaired) electrons. The van der Waals surface area contributed by atoms with Gasteiger partial charge in [0.1, 0.15) is 0 Å². The molecule has 0 atom stereocenters. The van der Waals surface area contributed by atoms with Gasteiger partial charge in [-0.2, -0.15) is 0 Å². The van der Waals surface area contributed by atoms with Gasteiger partial charge in [0.15, 0.2) is 11.6 Å². The number of carbonyl (C=O) groups is 2. The van der Waals surface area contributed by atoms with Crippen molar-refractivity contribution in [2.45, 2.75) is 32.1 Å². The Morgan fingerprint density at radius 3 is 2.63 bits per heavy atom. The summed E-state index contributed by atoms with van der Waals surface area (Å²) < 4.78 is 10.5. The monoisotopic (exact) mass is 413 g/mol. The van der Waals surface area contributed by atoms with E-state index in [0.29, 0.717) is 18.3 Å². The molecule has 0 aliphatic heterocycles. The number of carbonyl (C=O) groups excluding carboxylic acids is 2. The van der Waals surface area contributed by atoms with E-state index >= 15 is 0 Å². The predicted molar refractivity (Wildman–Crippen MR) is 109 cm³/mol. The van der Waals surface area contributed by atoms with Crippen molar-refractivity contribution in [1.29, 1.82) is 0 Å². The molecule has 1 saturated carbocycles. The number of benzene rings is 1. The number of hydrogen-bond acceptors (Lipinski definition) is 7. The number of non-ortho nitro benzene ring substituents is 1. The predicted octanol–water partition coefficient (Wildman–Crippen LogP) is 3.99. The molecule has 0 saturated heterocycles. The van der Waals surface area contributed by atoms with Gasteiger partial charge in [-0.1, -0.05) is 19.3 Å². The number of nitro groups is 1. The molecular formula is C21H23N3O6. The number of ether oxygens (including phenoxy) is 2. The van der Waals surface area contributed by atoms with Crippen molar-refractivity contribution < 1.29 is 24.0 Å². The summed E-state index contributed by atoms with van der Waals surface area (Å²) in [6, 6.07) is 6.79. The van der Waals surface area contributed by atoms with E-state index in [4.69, 9.17) is 4.74 Å². The highest BCUT2D eigenvalue weighted by Gasteiger charge is 2.20. The molecule has 1 aliphatic carbocycles. The third-order valence-electron chi connectivity index (χ3n) is 5.01. The van der Waals surface area contributed by atoms with Crippen LogP contribution in [0.15, 0.2) is 36.5 Å². The van der Waals surface area contributed by atoms with Gasteiger partial charge in [0.25, 0.3) is 11.6 Å². The summed E-state index contributed by atoms with van der Waals surface area (Å²) in [6.45, 7) is 0.540. The number of pyridine rings is 1. The summed E-state index contributed by atoms with van der Waals surface area (Å²) in [5.41, 5.74) is -0.544. The van der Waals surface area contributed by atoms with E-state index in [1.165, 1.54) is 31.5 Å².